The number of fused-ring (bicyclic) bond motifs is 3. The molecular weight excluding hydrogens is 781 g/mol. The van der Waals surface area contributed by atoms with E-state index in [0.29, 0.717) is 0 Å². The van der Waals surface area contributed by atoms with E-state index in [1.165, 1.54) is 22.1 Å². The van der Waals surface area contributed by atoms with Gasteiger partial charge in [-0.25, -0.2) is 4.98 Å². The molecule has 0 amide bonds. The Morgan fingerprint density at radius 3 is 1.61 bits per heavy atom. The van der Waals surface area contributed by atoms with Crippen LogP contribution in [0.3, 0.4) is 0 Å². The molecule has 0 aliphatic carbocycles. The van der Waals surface area contributed by atoms with Gasteiger partial charge < -0.3 is 15.4 Å². The van der Waals surface area contributed by atoms with Crippen LogP contribution in [0, 0.1) is 0 Å². The fraction of sp³-hybridized carbons (Fsp3) is 0.203. The number of benzene rings is 7. The van der Waals surface area contributed by atoms with Crippen LogP contribution in [-0.2, 0) is 16.2 Å². The number of nitrogens with zero attached hydrogens (tertiary/aromatic N) is 2. The molecule has 9 rings (SSSR count). The van der Waals surface area contributed by atoms with Gasteiger partial charge in [0.05, 0.1) is 28.1 Å². The zero-order valence-corrected chi connectivity index (χ0v) is 38.5. The third-order valence-corrected chi connectivity index (χ3v) is 12.2. The summed E-state index contributed by atoms with van der Waals surface area (Å²) in [6, 6.07) is 60.4. The first-order chi connectivity index (χ1) is 30.6. The predicted molar refractivity (Wildman–Crippen MR) is 272 cm³/mol. The van der Waals surface area contributed by atoms with Crippen molar-refractivity contribution in [3.63, 3.8) is 0 Å². The molecule has 320 valence electrons. The van der Waals surface area contributed by atoms with E-state index in [1.54, 1.807) is 0 Å². The molecule has 2 aromatic heterocycles. The lowest BCUT2D eigenvalue weighted by molar-refractivity contribution is 0.483. The Labute approximate surface area is 378 Å². The van der Waals surface area contributed by atoms with Crippen molar-refractivity contribution in [2.24, 2.45) is 0 Å². The van der Waals surface area contributed by atoms with Gasteiger partial charge in [0.15, 0.2) is 0 Å². The van der Waals surface area contributed by atoms with Crippen LogP contribution >= 0.6 is 0 Å². The van der Waals surface area contributed by atoms with Crippen LogP contribution in [0.15, 0.2) is 176 Å². The number of ether oxygens (including phenoxy) is 1. The van der Waals surface area contributed by atoms with E-state index < -0.39 is 0 Å². The number of aromatic nitrogens is 2. The van der Waals surface area contributed by atoms with Crippen LogP contribution in [0.2, 0.25) is 0 Å². The second-order valence-corrected chi connectivity index (χ2v) is 20.0. The van der Waals surface area contributed by atoms with Gasteiger partial charge in [-0.15, -0.1) is 0 Å². The summed E-state index contributed by atoms with van der Waals surface area (Å²) in [6.07, 6.45) is 1.91. The van der Waals surface area contributed by atoms with Crippen molar-refractivity contribution in [2.75, 3.05) is 10.6 Å². The minimum absolute atomic E-state index is 0.00832. The van der Waals surface area contributed by atoms with E-state index in [2.05, 4.69) is 235 Å². The second-order valence-electron chi connectivity index (χ2n) is 20.0. The van der Waals surface area contributed by atoms with Gasteiger partial charge in [0.2, 0.25) is 0 Å². The molecule has 5 heteroatoms. The van der Waals surface area contributed by atoms with Crippen LogP contribution in [0.25, 0.3) is 49.9 Å². The highest BCUT2D eigenvalue weighted by Crippen LogP contribution is 2.42. The number of nitrogens with one attached hydrogen (secondary N) is 2. The summed E-state index contributed by atoms with van der Waals surface area (Å²) < 4.78 is 8.90. The van der Waals surface area contributed by atoms with Gasteiger partial charge in [-0.2, -0.15) is 0 Å². The van der Waals surface area contributed by atoms with Gasteiger partial charge in [-0.1, -0.05) is 165 Å². The largest absolute Gasteiger partial charge is 0.457 e. The Morgan fingerprint density at radius 2 is 0.984 bits per heavy atom. The van der Waals surface area contributed by atoms with Gasteiger partial charge in [-0.05, 0) is 98.7 Å². The summed E-state index contributed by atoms with van der Waals surface area (Å²) in [4.78, 5) is 4.87. The molecule has 0 radical (unpaired) electrons. The fourth-order valence-electron chi connectivity index (χ4n) is 8.50. The number of anilines is 4. The van der Waals surface area contributed by atoms with E-state index in [4.69, 9.17) is 9.72 Å². The Kier molecular flexibility index (Phi) is 10.9. The van der Waals surface area contributed by atoms with Crippen molar-refractivity contribution in [2.45, 2.75) is 78.6 Å². The zero-order valence-electron chi connectivity index (χ0n) is 38.5. The molecule has 64 heavy (non-hydrogen) atoms. The van der Waals surface area contributed by atoms with E-state index in [0.717, 1.165) is 78.7 Å². The normalized spacial score (nSPS) is 12.1. The van der Waals surface area contributed by atoms with E-state index in [1.807, 2.05) is 18.3 Å². The molecule has 0 unspecified atom stereocenters. The van der Waals surface area contributed by atoms with E-state index in [-0.39, 0.29) is 16.2 Å². The van der Waals surface area contributed by atoms with Crippen molar-refractivity contribution in [1.29, 1.82) is 0 Å². The molecule has 0 fully saturated rings. The fourth-order valence-corrected chi connectivity index (χ4v) is 8.50. The number of hydrogen-bond donors (Lipinski definition) is 2. The van der Waals surface area contributed by atoms with Crippen LogP contribution in [0.1, 0.15) is 79.0 Å². The van der Waals surface area contributed by atoms with Gasteiger partial charge in [-0.3, -0.25) is 4.57 Å². The Morgan fingerprint density at radius 1 is 0.438 bits per heavy atom. The summed E-state index contributed by atoms with van der Waals surface area (Å²) >= 11 is 0. The molecule has 7 aromatic carbocycles. The maximum absolute atomic E-state index is 6.65. The van der Waals surface area contributed by atoms with Gasteiger partial charge >= 0.3 is 0 Å². The topological polar surface area (TPSA) is 51.1 Å². The summed E-state index contributed by atoms with van der Waals surface area (Å²) in [7, 11) is 0. The quantitative estimate of drug-likeness (QED) is 0.152. The molecule has 9 aromatic rings. The van der Waals surface area contributed by atoms with Crippen molar-refractivity contribution in [3.8, 4) is 39.6 Å². The molecular formula is C59H58N4O. The molecule has 2 N–H and O–H groups in total. The second kappa shape index (κ2) is 16.5. The molecule has 0 aliphatic rings. The molecule has 0 aliphatic heterocycles. The summed E-state index contributed by atoms with van der Waals surface area (Å²) in [5.41, 5.74) is 14.6. The first kappa shape index (κ1) is 42.2. The van der Waals surface area contributed by atoms with Crippen LogP contribution in [0.4, 0.5) is 22.7 Å². The Hall–Kier alpha value is -7.11. The van der Waals surface area contributed by atoms with Crippen LogP contribution in [0.5, 0.6) is 11.5 Å². The minimum Gasteiger partial charge on any atom is -0.457 e. The summed E-state index contributed by atoms with van der Waals surface area (Å²) in [6.45, 7) is 20.3. The van der Waals surface area contributed by atoms with Crippen molar-refractivity contribution >= 4 is 44.6 Å². The number of rotatable bonds is 9. The highest BCUT2D eigenvalue weighted by Gasteiger charge is 2.21. The lowest BCUT2D eigenvalue weighted by Crippen LogP contribution is -2.12. The maximum atomic E-state index is 6.65. The smallest absolute Gasteiger partial charge is 0.137 e. The predicted octanol–water partition coefficient (Wildman–Crippen LogP) is 16.7. The summed E-state index contributed by atoms with van der Waals surface area (Å²) in [5, 5.41) is 9.98. The van der Waals surface area contributed by atoms with Crippen molar-refractivity contribution in [3.05, 3.63) is 193 Å². The van der Waals surface area contributed by atoms with Crippen molar-refractivity contribution in [1.82, 2.24) is 9.55 Å². The molecule has 5 nitrogen and oxygen atoms in total. The Balaban J connectivity index is 1.04. The molecule has 0 bridgehead atoms. The molecule has 0 spiro atoms. The highest BCUT2D eigenvalue weighted by atomic mass is 16.5. The lowest BCUT2D eigenvalue weighted by Gasteiger charge is -2.22. The number of pyridine rings is 1. The standard InChI is InChI=1S/C59H58N4O/c1-57(2,3)41-28-24-39(25-29-41)47-19-15-20-48(40-26-30-42(31-27-40)58(4,5)6)56(47)62-52-22-12-11-21-51(52)61-44-16-14-17-45(37-44)64-46-32-33-50-49-18-10-13-23-53(49)63(54(50)38-46)55-36-43(34-35-60-55)59(7,8)9/h10-38,61-62H,1-9H3. The van der Waals surface area contributed by atoms with Crippen LogP contribution in [-0.4, -0.2) is 9.55 Å². The zero-order chi connectivity index (χ0) is 44.8. The first-order valence-corrected chi connectivity index (χ1v) is 22.4. The number of para-hydroxylation sites is 4. The lowest BCUT2D eigenvalue weighted by atomic mass is 9.85. The maximum Gasteiger partial charge on any atom is 0.137 e. The van der Waals surface area contributed by atoms with Gasteiger partial charge in [0.1, 0.15) is 17.3 Å². The average Bonchev–Trinajstić information content (AvgIpc) is 3.60. The van der Waals surface area contributed by atoms with E-state index in [9.17, 15) is 0 Å². The number of hydrogen-bond acceptors (Lipinski definition) is 4. The van der Waals surface area contributed by atoms with E-state index >= 15 is 0 Å². The average molecular weight is 839 g/mol. The summed E-state index contributed by atoms with van der Waals surface area (Å²) in [5.74, 6) is 2.37. The molecule has 0 atom stereocenters. The van der Waals surface area contributed by atoms with Gasteiger partial charge in [0, 0.05) is 45.9 Å². The molecule has 2 heterocycles. The molecule has 0 saturated carbocycles. The Bertz CT molecular complexity index is 3040. The van der Waals surface area contributed by atoms with Crippen molar-refractivity contribution < 1.29 is 4.74 Å². The van der Waals surface area contributed by atoms with Crippen LogP contribution < -0.4 is 15.4 Å². The first-order valence-electron chi connectivity index (χ1n) is 22.4. The highest BCUT2D eigenvalue weighted by molar-refractivity contribution is 6.09. The molecule has 0 saturated heterocycles. The SMILES string of the molecule is CC(C)(C)c1ccc(-c2cccc(-c3ccc(C(C)(C)C)cc3)c2Nc2ccccc2Nc2cccc(Oc3ccc4c5ccccc5n(-c5cc(C(C)(C)C)ccn5)c4c3)c2)cc1. The van der Waals surface area contributed by atoms with Gasteiger partial charge in [0.25, 0.3) is 0 Å². The monoisotopic (exact) mass is 838 g/mol. The minimum atomic E-state index is -0.00832. The third kappa shape index (κ3) is 8.63. The third-order valence-electron chi connectivity index (χ3n) is 12.2.